The van der Waals surface area contributed by atoms with E-state index in [4.69, 9.17) is 4.74 Å². The SMILES string of the molecule is COc1ccc(C(=O)Nc2ccc3c(c2[N+](=O)[O-])C(=O)NC(=O)C3(C)C)cc1. The van der Waals surface area contributed by atoms with Crippen LogP contribution in [0.1, 0.15) is 40.1 Å². The lowest BCUT2D eigenvalue weighted by Gasteiger charge is -2.30. The molecule has 0 atom stereocenters. The molecule has 3 rings (SSSR count). The van der Waals surface area contributed by atoms with Gasteiger partial charge in [-0.2, -0.15) is 0 Å². The molecule has 144 valence electrons. The number of methoxy groups -OCH3 is 1. The van der Waals surface area contributed by atoms with E-state index in [1.807, 2.05) is 0 Å². The van der Waals surface area contributed by atoms with Crippen molar-refractivity contribution in [3.05, 3.63) is 63.2 Å². The molecule has 2 aromatic carbocycles. The zero-order valence-corrected chi connectivity index (χ0v) is 15.4. The van der Waals surface area contributed by atoms with Gasteiger partial charge >= 0.3 is 5.69 Å². The number of rotatable bonds is 4. The van der Waals surface area contributed by atoms with Crippen molar-refractivity contribution in [3.63, 3.8) is 0 Å². The van der Waals surface area contributed by atoms with Gasteiger partial charge in [0.2, 0.25) is 5.91 Å². The predicted octanol–water partition coefficient (Wildman–Crippen LogP) is 2.40. The van der Waals surface area contributed by atoms with Crippen molar-refractivity contribution < 1.29 is 24.0 Å². The van der Waals surface area contributed by atoms with Gasteiger partial charge < -0.3 is 10.1 Å². The second-order valence-electron chi connectivity index (χ2n) is 6.73. The molecule has 3 amide bonds. The monoisotopic (exact) mass is 383 g/mol. The van der Waals surface area contributed by atoms with Gasteiger partial charge in [0, 0.05) is 5.56 Å². The van der Waals surface area contributed by atoms with Crippen LogP contribution < -0.4 is 15.4 Å². The number of benzene rings is 2. The summed E-state index contributed by atoms with van der Waals surface area (Å²) >= 11 is 0. The Morgan fingerprint density at radius 2 is 1.79 bits per heavy atom. The summed E-state index contributed by atoms with van der Waals surface area (Å²) in [4.78, 5) is 47.9. The maximum atomic E-state index is 12.5. The summed E-state index contributed by atoms with van der Waals surface area (Å²) < 4.78 is 5.03. The molecule has 2 N–H and O–H groups in total. The Balaban J connectivity index is 2.06. The predicted molar refractivity (Wildman–Crippen MR) is 99.5 cm³/mol. The van der Waals surface area contributed by atoms with Crippen molar-refractivity contribution in [2.45, 2.75) is 19.3 Å². The zero-order chi connectivity index (χ0) is 20.6. The summed E-state index contributed by atoms with van der Waals surface area (Å²) in [6.45, 7) is 3.12. The Bertz CT molecular complexity index is 1010. The summed E-state index contributed by atoms with van der Waals surface area (Å²) in [5.41, 5.74) is -1.57. The standard InChI is InChI=1S/C19H17N3O6/c1-19(2)12-8-9-13(15(22(26)27)14(12)17(24)21-18(19)25)20-16(23)10-4-6-11(28-3)7-5-10/h4-9H,1-3H3,(H,20,23)(H,21,24,25). The highest BCUT2D eigenvalue weighted by Crippen LogP contribution is 2.39. The van der Waals surface area contributed by atoms with E-state index >= 15 is 0 Å². The largest absolute Gasteiger partial charge is 0.497 e. The minimum atomic E-state index is -1.13. The molecular formula is C19H17N3O6. The lowest BCUT2D eigenvalue weighted by molar-refractivity contribution is -0.384. The van der Waals surface area contributed by atoms with Gasteiger partial charge in [-0.05, 0) is 49.7 Å². The normalized spacial score (nSPS) is 14.7. The summed E-state index contributed by atoms with van der Waals surface area (Å²) in [7, 11) is 1.49. The molecule has 0 saturated heterocycles. The molecule has 1 aliphatic heterocycles. The van der Waals surface area contributed by atoms with Crippen molar-refractivity contribution in [3.8, 4) is 5.75 Å². The Hall–Kier alpha value is -3.75. The van der Waals surface area contributed by atoms with E-state index < -0.39 is 33.7 Å². The molecule has 2 aromatic rings. The number of nitrogens with one attached hydrogen (secondary N) is 2. The maximum absolute atomic E-state index is 12.5. The second kappa shape index (κ2) is 6.76. The van der Waals surface area contributed by atoms with Crippen LogP contribution in [0.5, 0.6) is 5.75 Å². The van der Waals surface area contributed by atoms with Crippen LogP contribution >= 0.6 is 0 Å². The van der Waals surface area contributed by atoms with Crippen LogP contribution in [0.4, 0.5) is 11.4 Å². The fourth-order valence-electron chi connectivity index (χ4n) is 3.01. The minimum absolute atomic E-state index is 0.134. The van der Waals surface area contributed by atoms with Crippen LogP contribution in [-0.4, -0.2) is 29.8 Å². The molecule has 0 saturated carbocycles. The van der Waals surface area contributed by atoms with Gasteiger partial charge in [-0.3, -0.25) is 29.8 Å². The van der Waals surface area contributed by atoms with Crippen molar-refractivity contribution >= 4 is 29.1 Å². The minimum Gasteiger partial charge on any atom is -0.497 e. The number of carbonyl (C=O) groups excluding carboxylic acids is 3. The molecule has 9 heteroatoms. The molecule has 0 fully saturated rings. The summed E-state index contributed by atoms with van der Waals surface area (Å²) in [5, 5.41) is 16.3. The molecule has 1 heterocycles. The van der Waals surface area contributed by atoms with E-state index in [0.29, 0.717) is 5.75 Å². The third-order valence-electron chi connectivity index (χ3n) is 4.66. The van der Waals surface area contributed by atoms with Crippen LogP contribution in [0.15, 0.2) is 36.4 Å². The fourth-order valence-corrected chi connectivity index (χ4v) is 3.01. The van der Waals surface area contributed by atoms with Crippen molar-refractivity contribution in [2.24, 2.45) is 0 Å². The van der Waals surface area contributed by atoms with Gasteiger partial charge in [-0.1, -0.05) is 6.07 Å². The van der Waals surface area contributed by atoms with Crippen molar-refractivity contribution in [2.75, 3.05) is 12.4 Å². The highest BCUT2D eigenvalue weighted by molar-refractivity contribution is 6.16. The number of hydrogen-bond acceptors (Lipinski definition) is 6. The Labute approximate surface area is 159 Å². The zero-order valence-electron chi connectivity index (χ0n) is 15.4. The molecule has 0 unspecified atom stereocenters. The van der Waals surface area contributed by atoms with Crippen molar-refractivity contribution in [1.82, 2.24) is 5.32 Å². The first-order chi connectivity index (χ1) is 13.2. The number of fused-ring (bicyclic) bond motifs is 1. The molecule has 0 bridgehead atoms. The first-order valence-electron chi connectivity index (χ1n) is 8.30. The fraction of sp³-hybridized carbons (Fsp3) is 0.211. The first kappa shape index (κ1) is 19.0. The van der Waals surface area contributed by atoms with Gasteiger partial charge in [0.05, 0.1) is 17.4 Å². The Morgan fingerprint density at radius 1 is 1.14 bits per heavy atom. The van der Waals surface area contributed by atoms with Gasteiger partial charge in [0.15, 0.2) is 0 Å². The number of imide groups is 1. The lowest BCUT2D eigenvalue weighted by Crippen LogP contribution is -2.49. The molecule has 1 aliphatic rings. The van der Waals surface area contributed by atoms with Gasteiger partial charge in [0.25, 0.3) is 11.8 Å². The van der Waals surface area contributed by atoms with Crippen LogP contribution in [0.2, 0.25) is 0 Å². The van der Waals surface area contributed by atoms with Crippen LogP contribution in [0.3, 0.4) is 0 Å². The Kier molecular flexibility index (Phi) is 4.60. The van der Waals surface area contributed by atoms with Crippen LogP contribution in [-0.2, 0) is 10.2 Å². The van der Waals surface area contributed by atoms with E-state index in [9.17, 15) is 24.5 Å². The first-order valence-corrected chi connectivity index (χ1v) is 8.30. The molecule has 28 heavy (non-hydrogen) atoms. The van der Waals surface area contributed by atoms with Crippen molar-refractivity contribution in [1.29, 1.82) is 0 Å². The topological polar surface area (TPSA) is 128 Å². The van der Waals surface area contributed by atoms with E-state index in [2.05, 4.69) is 10.6 Å². The number of amides is 3. The average molecular weight is 383 g/mol. The smallest absolute Gasteiger partial charge is 0.305 e. The summed E-state index contributed by atoms with van der Waals surface area (Å²) in [6, 6.07) is 8.95. The quantitative estimate of drug-likeness (QED) is 0.474. The number of nitro groups is 1. The lowest BCUT2D eigenvalue weighted by atomic mass is 9.77. The number of anilines is 1. The molecule has 9 nitrogen and oxygen atoms in total. The number of hydrogen-bond donors (Lipinski definition) is 2. The molecule has 0 aliphatic carbocycles. The molecular weight excluding hydrogens is 366 g/mol. The number of ether oxygens (including phenoxy) is 1. The molecule has 0 radical (unpaired) electrons. The number of carbonyl (C=O) groups is 3. The van der Waals surface area contributed by atoms with E-state index in [1.165, 1.54) is 31.4 Å². The van der Waals surface area contributed by atoms with E-state index in [-0.39, 0.29) is 22.4 Å². The number of nitro benzene ring substituents is 1. The number of nitrogens with zero attached hydrogens (tertiary/aromatic N) is 1. The van der Waals surface area contributed by atoms with Crippen LogP contribution in [0.25, 0.3) is 0 Å². The maximum Gasteiger partial charge on any atom is 0.305 e. The summed E-state index contributed by atoms with van der Waals surface area (Å²) in [6.07, 6.45) is 0. The third-order valence-corrected chi connectivity index (χ3v) is 4.66. The second-order valence-corrected chi connectivity index (χ2v) is 6.73. The van der Waals surface area contributed by atoms with Gasteiger partial charge in [0.1, 0.15) is 17.0 Å². The highest BCUT2D eigenvalue weighted by atomic mass is 16.6. The van der Waals surface area contributed by atoms with E-state index in [1.54, 1.807) is 26.0 Å². The highest BCUT2D eigenvalue weighted by Gasteiger charge is 2.44. The van der Waals surface area contributed by atoms with E-state index in [0.717, 1.165) is 0 Å². The molecule has 0 spiro atoms. The Morgan fingerprint density at radius 3 is 2.36 bits per heavy atom. The van der Waals surface area contributed by atoms with Gasteiger partial charge in [-0.15, -0.1) is 0 Å². The molecule has 0 aromatic heterocycles. The van der Waals surface area contributed by atoms with Gasteiger partial charge in [-0.25, -0.2) is 0 Å². The average Bonchev–Trinajstić information content (AvgIpc) is 2.66. The van der Waals surface area contributed by atoms with Crippen LogP contribution in [0, 0.1) is 10.1 Å². The summed E-state index contributed by atoms with van der Waals surface area (Å²) in [5.74, 6) is -1.45. The third kappa shape index (κ3) is 3.07.